The van der Waals surface area contributed by atoms with Crippen molar-refractivity contribution in [1.29, 1.82) is 0 Å². The number of nitrogens with zero attached hydrogens (tertiary/aromatic N) is 5. The molecule has 4 aromatic rings. The van der Waals surface area contributed by atoms with Gasteiger partial charge in [0.05, 0.1) is 17.2 Å². The van der Waals surface area contributed by atoms with Crippen LogP contribution in [0.2, 0.25) is 0 Å². The minimum absolute atomic E-state index is 0.268. The molecule has 5 rings (SSSR count). The van der Waals surface area contributed by atoms with Gasteiger partial charge in [0, 0.05) is 26.2 Å². The second-order valence-electron chi connectivity index (χ2n) is 7.58. The molecule has 0 bridgehead atoms. The Morgan fingerprint density at radius 1 is 1.00 bits per heavy atom. The molecule has 3 N–H and O–H groups in total. The number of carbonyl (C=O) groups is 1. The van der Waals surface area contributed by atoms with Crippen LogP contribution >= 0.6 is 0 Å². The van der Waals surface area contributed by atoms with Crippen molar-refractivity contribution in [2.45, 2.75) is 6.61 Å². The van der Waals surface area contributed by atoms with Gasteiger partial charge in [-0.3, -0.25) is 0 Å². The van der Waals surface area contributed by atoms with Gasteiger partial charge in [0.15, 0.2) is 17.3 Å². The lowest BCUT2D eigenvalue weighted by Crippen LogP contribution is -2.49. The molecule has 0 atom stereocenters. The molecule has 1 fully saturated rings. The topological polar surface area (TPSA) is 113 Å². The molecule has 2 aromatic carbocycles. The Labute approximate surface area is 184 Å². The number of nitrogens with one attached hydrogen (secondary N) is 1. The van der Waals surface area contributed by atoms with E-state index in [1.54, 1.807) is 11.1 Å². The summed E-state index contributed by atoms with van der Waals surface area (Å²) in [6, 6.07) is 17.4. The maximum atomic E-state index is 12.4. The van der Waals surface area contributed by atoms with Crippen LogP contribution < -0.4 is 10.6 Å². The fourth-order valence-electron chi connectivity index (χ4n) is 3.71. The molecule has 9 heteroatoms. The van der Waals surface area contributed by atoms with E-state index in [2.05, 4.69) is 19.9 Å². The molecule has 1 aliphatic rings. The molecule has 2 aromatic heterocycles. The number of piperazine rings is 1. The molecule has 162 valence electrons. The monoisotopic (exact) mass is 429 g/mol. The number of aromatic amines is 1. The number of fused-ring (bicyclic) bond motifs is 1. The molecule has 0 radical (unpaired) electrons. The van der Waals surface area contributed by atoms with Crippen molar-refractivity contribution in [2.24, 2.45) is 0 Å². The lowest BCUT2D eigenvalue weighted by Gasteiger charge is -2.34. The van der Waals surface area contributed by atoms with Gasteiger partial charge in [-0.05, 0) is 17.7 Å². The van der Waals surface area contributed by atoms with Crippen LogP contribution in [0.25, 0.3) is 22.6 Å². The van der Waals surface area contributed by atoms with E-state index in [0.29, 0.717) is 49.3 Å². The number of hydrogen-bond acceptors (Lipinski definition) is 7. The number of aromatic nitrogens is 4. The third kappa shape index (κ3) is 4.04. The number of amides is 1. The third-order valence-electron chi connectivity index (χ3n) is 5.47. The number of nitrogen functional groups attached to an aromatic ring is 1. The first kappa shape index (κ1) is 19.8. The zero-order valence-electron chi connectivity index (χ0n) is 17.4. The molecular weight excluding hydrogens is 406 g/mol. The summed E-state index contributed by atoms with van der Waals surface area (Å²) in [5.41, 5.74) is 9.34. The van der Waals surface area contributed by atoms with Crippen molar-refractivity contribution in [3.05, 3.63) is 66.4 Å². The van der Waals surface area contributed by atoms with Gasteiger partial charge in [-0.25, -0.2) is 19.7 Å². The molecule has 0 aliphatic carbocycles. The highest BCUT2D eigenvalue weighted by atomic mass is 16.6. The van der Waals surface area contributed by atoms with E-state index in [1.165, 1.54) is 0 Å². The number of imidazole rings is 1. The predicted molar refractivity (Wildman–Crippen MR) is 122 cm³/mol. The first-order valence-corrected chi connectivity index (χ1v) is 10.5. The number of carbonyl (C=O) groups excluding carboxylic acids is 1. The van der Waals surface area contributed by atoms with Crippen molar-refractivity contribution in [2.75, 3.05) is 36.8 Å². The highest BCUT2D eigenvalue weighted by molar-refractivity contribution is 5.80. The molecule has 9 nitrogen and oxygen atoms in total. The Balaban J connectivity index is 1.24. The van der Waals surface area contributed by atoms with Crippen LogP contribution in [-0.2, 0) is 11.3 Å². The third-order valence-corrected chi connectivity index (χ3v) is 5.47. The fraction of sp³-hybridized carbons (Fsp3) is 0.217. The van der Waals surface area contributed by atoms with Crippen molar-refractivity contribution in [3.8, 4) is 11.5 Å². The maximum Gasteiger partial charge on any atom is 0.410 e. The molecule has 0 spiro atoms. The van der Waals surface area contributed by atoms with Crippen LogP contribution in [0.1, 0.15) is 5.56 Å². The van der Waals surface area contributed by atoms with Crippen LogP contribution in [-0.4, -0.2) is 57.1 Å². The van der Waals surface area contributed by atoms with Crippen molar-refractivity contribution in [3.63, 3.8) is 0 Å². The molecule has 3 heterocycles. The summed E-state index contributed by atoms with van der Waals surface area (Å²) >= 11 is 0. The van der Waals surface area contributed by atoms with Crippen LogP contribution in [0.15, 0.2) is 60.8 Å². The van der Waals surface area contributed by atoms with Gasteiger partial charge in [-0.2, -0.15) is 0 Å². The second-order valence-corrected chi connectivity index (χ2v) is 7.58. The summed E-state index contributed by atoms with van der Waals surface area (Å²) in [7, 11) is 0. The number of anilines is 2. The number of benzene rings is 2. The highest BCUT2D eigenvalue weighted by Crippen LogP contribution is 2.25. The second kappa shape index (κ2) is 8.54. The van der Waals surface area contributed by atoms with Crippen LogP contribution in [0.4, 0.5) is 16.4 Å². The van der Waals surface area contributed by atoms with Crippen molar-refractivity contribution >= 4 is 28.8 Å². The van der Waals surface area contributed by atoms with Crippen molar-refractivity contribution < 1.29 is 9.53 Å². The quantitative estimate of drug-likeness (QED) is 0.512. The van der Waals surface area contributed by atoms with Crippen molar-refractivity contribution in [1.82, 2.24) is 24.8 Å². The van der Waals surface area contributed by atoms with E-state index >= 15 is 0 Å². The summed E-state index contributed by atoms with van der Waals surface area (Å²) in [4.78, 5) is 33.1. The van der Waals surface area contributed by atoms with Gasteiger partial charge in [-0.1, -0.05) is 42.5 Å². The van der Waals surface area contributed by atoms with Gasteiger partial charge in [0.25, 0.3) is 0 Å². The SMILES string of the molecule is Nc1ncc(N2CCN(C(=O)OCc3ccccc3)CC2)nc1-c1nc2ccccc2[nH]1. The van der Waals surface area contributed by atoms with E-state index in [4.69, 9.17) is 15.5 Å². The Bertz CT molecular complexity index is 1200. The Morgan fingerprint density at radius 3 is 2.53 bits per heavy atom. The summed E-state index contributed by atoms with van der Waals surface area (Å²) in [5, 5.41) is 0. The molecule has 1 saturated heterocycles. The minimum atomic E-state index is -0.306. The fourth-order valence-corrected chi connectivity index (χ4v) is 3.71. The lowest BCUT2D eigenvalue weighted by molar-refractivity contribution is 0.0941. The number of hydrogen-bond donors (Lipinski definition) is 2. The molecule has 1 aliphatic heterocycles. The van der Waals surface area contributed by atoms with E-state index in [0.717, 1.165) is 16.6 Å². The Hall–Kier alpha value is -4.14. The van der Waals surface area contributed by atoms with Crippen LogP contribution in [0.3, 0.4) is 0 Å². The van der Waals surface area contributed by atoms with Crippen LogP contribution in [0, 0.1) is 0 Å². The first-order valence-electron chi connectivity index (χ1n) is 10.5. The minimum Gasteiger partial charge on any atom is -0.445 e. The zero-order valence-corrected chi connectivity index (χ0v) is 17.4. The lowest BCUT2D eigenvalue weighted by atomic mass is 10.2. The average Bonchev–Trinajstić information content (AvgIpc) is 3.28. The van der Waals surface area contributed by atoms with Gasteiger partial charge < -0.3 is 25.3 Å². The molecule has 32 heavy (non-hydrogen) atoms. The average molecular weight is 429 g/mol. The largest absolute Gasteiger partial charge is 0.445 e. The molecule has 0 saturated carbocycles. The van der Waals surface area contributed by atoms with Gasteiger partial charge in [-0.15, -0.1) is 0 Å². The van der Waals surface area contributed by atoms with Gasteiger partial charge in [0.2, 0.25) is 0 Å². The van der Waals surface area contributed by atoms with E-state index < -0.39 is 0 Å². The molecule has 1 amide bonds. The van der Waals surface area contributed by atoms with E-state index in [9.17, 15) is 4.79 Å². The number of ether oxygens (including phenoxy) is 1. The van der Waals surface area contributed by atoms with Crippen LogP contribution in [0.5, 0.6) is 0 Å². The molecule has 0 unspecified atom stereocenters. The zero-order chi connectivity index (χ0) is 21.9. The first-order chi connectivity index (χ1) is 15.7. The summed E-state index contributed by atoms with van der Waals surface area (Å²) in [6.45, 7) is 2.60. The summed E-state index contributed by atoms with van der Waals surface area (Å²) in [5.74, 6) is 1.60. The standard InChI is InChI=1S/C23H23N7O2/c24-21-20(22-26-17-8-4-5-9-18(17)27-22)28-19(14-25-21)29-10-12-30(13-11-29)23(31)32-15-16-6-2-1-3-7-16/h1-9,14H,10-13,15H2,(H2,24,25)(H,26,27). The Kier molecular flexibility index (Phi) is 5.29. The van der Waals surface area contributed by atoms with E-state index in [1.807, 2.05) is 54.6 Å². The molecular formula is C23H23N7O2. The number of para-hydroxylation sites is 2. The number of H-pyrrole nitrogens is 1. The van der Waals surface area contributed by atoms with Gasteiger partial charge in [0.1, 0.15) is 12.4 Å². The Morgan fingerprint density at radius 2 is 1.75 bits per heavy atom. The summed E-state index contributed by atoms with van der Waals surface area (Å²) in [6.07, 6.45) is 1.35. The summed E-state index contributed by atoms with van der Waals surface area (Å²) < 4.78 is 5.44. The highest BCUT2D eigenvalue weighted by Gasteiger charge is 2.24. The van der Waals surface area contributed by atoms with Gasteiger partial charge >= 0.3 is 6.09 Å². The number of rotatable bonds is 4. The maximum absolute atomic E-state index is 12.4. The smallest absolute Gasteiger partial charge is 0.410 e. The normalized spacial score (nSPS) is 14.0. The van der Waals surface area contributed by atoms with E-state index in [-0.39, 0.29) is 12.7 Å². The predicted octanol–water partition coefficient (Wildman–Crippen LogP) is 3.06. The number of nitrogens with two attached hydrogens (primary N) is 1.